The van der Waals surface area contributed by atoms with Gasteiger partial charge < -0.3 is 10.0 Å². The minimum atomic E-state index is -0.706. The normalized spacial score (nSPS) is 22.1. The zero-order chi connectivity index (χ0) is 10.6. The lowest BCUT2D eigenvalue weighted by Crippen LogP contribution is -2.49. The van der Waals surface area contributed by atoms with Crippen molar-refractivity contribution in [2.75, 3.05) is 32.7 Å². The van der Waals surface area contributed by atoms with Crippen LogP contribution >= 0.6 is 0 Å². The Morgan fingerprint density at radius 3 is 2.50 bits per heavy atom. The molecule has 14 heavy (non-hydrogen) atoms. The SMILES string of the molecule is CC(CCN1CCN(N)CC1)C(=O)O. The smallest absolute Gasteiger partial charge is 0.306 e. The fraction of sp³-hybridized carbons (Fsp3) is 0.889. The van der Waals surface area contributed by atoms with Gasteiger partial charge in [-0.05, 0) is 13.0 Å². The Morgan fingerprint density at radius 2 is 2.00 bits per heavy atom. The maximum atomic E-state index is 10.6. The summed E-state index contributed by atoms with van der Waals surface area (Å²) in [7, 11) is 0. The third-order valence-corrected chi connectivity index (χ3v) is 2.71. The van der Waals surface area contributed by atoms with Gasteiger partial charge in [0.25, 0.3) is 0 Å². The number of aliphatic carboxylic acids is 1. The van der Waals surface area contributed by atoms with Crippen LogP contribution in [-0.2, 0) is 4.79 Å². The maximum Gasteiger partial charge on any atom is 0.306 e. The summed E-state index contributed by atoms with van der Waals surface area (Å²) in [6.07, 6.45) is 0.722. The van der Waals surface area contributed by atoms with E-state index in [0.717, 1.165) is 39.1 Å². The molecule has 0 saturated carbocycles. The molecule has 1 fully saturated rings. The molecule has 5 nitrogen and oxygen atoms in total. The fourth-order valence-corrected chi connectivity index (χ4v) is 1.49. The second-order valence-corrected chi connectivity index (χ2v) is 3.91. The fourth-order valence-electron chi connectivity index (χ4n) is 1.49. The number of carboxylic acid groups (broad SMARTS) is 1. The molecule has 1 rings (SSSR count). The number of hydrazine groups is 1. The van der Waals surface area contributed by atoms with Crippen LogP contribution in [0, 0.1) is 5.92 Å². The van der Waals surface area contributed by atoms with E-state index in [1.807, 2.05) is 0 Å². The molecular formula is C9H19N3O2. The van der Waals surface area contributed by atoms with Gasteiger partial charge in [0, 0.05) is 26.2 Å². The first-order chi connectivity index (χ1) is 6.59. The van der Waals surface area contributed by atoms with Crippen molar-refractivity contribution in [3.05, 3.63) is 0 Å². The van der Waals surface area contributed by atoms with Gasteiger partial charge in [-0.2, -0.15) is 0 Å². The van der Waals surface area contributed by atoms with Crippen molar-refractivity contribution < 1.29 is 9.90 Å². The first kappa shape index (κ1) is 11.4. The Kier molecular flexibility index (Phi) is 4.31. The lowest BCUT2D eigenvalue weighted by Gasteiger charge is -2.32. The van der Waals surface area contributed by atoms with Crippen molar-refractivity contribution in [1.29, 1.82) is 0 Å². The molecule has 1 aliphatic heterocycles. The van der Waals surface area contributed by atoms with Crippen molar-refractivity contribution >= 4 is 5.97 Å². The minimum absolute atomic E-state index is 0.245. The zero-order valence-corrected chi connectivity index (χ0v) is 8.65. The van der Waals surface area contributed by atoms with E-state index in [1.54, 1.807) is 11.9 Å². The van der Waals surface area contributed by atoms with Crippen molar-refractivity contribution in [3.63, 3.8) is 0 Å². The number of hydrogen-bond acceptors (Lipinski definition) is 4. The first-order valence-corrected chi connectivity index (χ1v) is 5.04. The number of piperazine rings is 1. The molecule has 0 spiro atoms. The average Bonchev–Trinajstić information content (AvgIpc) is 2.16. The van der Waals surface area contributed by atoms with Gasteiger partial charge in [0.15, 0.2) is 0 Å². The molecule has 0 aromatic heterocycles. The Balaban J connectivity index is 2.16. The van der Waals surface area contributed by atoms with E-state index in [1.165, 1.54) is 0 Å². The summed E-state index contributed by atoms with van der Waals surface area (Å²) < 4.78 is 0. The highest BCUT2D eigenvalue weighted by atomic mass is 16.4. The van der Waals surface area contributed by atoms with Gasteiger partial charge in [-0.15, -0.1) is 0 Å². The Morgan fingerprint density at radius 1 is 1.43 bits per heavy atom. The van der Waals surface area contributed by atoms with Crippen molar-refractivity contribution in [3.8, 4) is 0 Å². The van der Waals surface area contributed by atoms with E-state index in [2.05, 4.69) is 4.90 Å². The molecule has 0 aromatic carbocycles. The summed E-state index contributed by atoms with van der Waals surface area (Å²) >= 11 is 0. The van der Waals surface area contributed by atoms with Crippen LogP contribution in [0.3, 0.4) is 0 Å². The molecule has 0 amide bonds. The van der Waals surface area contributed by atoms with Gasteiger partial charge in [-0.25, -0.2) is 5.01 Å². The van der Waals surface area contributed by atoms with Crippen molar-refractivity contribution in [2.24, 2.45) is 11.8 Å². The Hall–Kier alpha value is -0.650. The second kappa shape index (κ2) is 5.29. The lowest BCUT2D eigenvalue weighted by molar-refractivity contribution is -0.141. The summed E-state index contributed by atoms with van der Waals surface area (Å²) in [4.78, 5) is 12.8. The highest BCUT2D eigenvalue weighted by molar-refractivity contribution is 5.69. The molecule has 1 atom stereocenters. The van der Waals surface area contributed by atoms with Gasteiger partial charge in [-0.1, -0.05) is 6.92 Å². The van der Waals surface area contributed by atoms with E-state index in [0.29, 0.717) is 0 Å². The van der Waals surface area contributed by atoms with Crippen LogP contribution in [0.5, 0.6) is 0 Å². The molecule has 1 saturated heterocycles. The summed E-state index contributed by atoms with van der Waals surface area (Å²) in [6.45, 7) is 6.26. The molecule has 3 N–H and O–H groups in total. The molecule has 5 heteroatoms. The predicted octanol–water partition coefficient (Wildman–Crippen LogP) is -0.411. The topological polar surface area (TPSA) is 69.8 Å². The quantitative estimate of drug-likeness (QED) is 0.605. The minimum Gasteiger partial charge on any atom is -0.481 e. The summed E-state index contributed by atoms with van der Waals surface area (Å²) in [5, 5.41) is 10.5. The van der Waals surface area contributed by atoms with Crippen LogP contribution in [0.15, 0.2) is 0 Å². The summed E-state index contributed by atoms with van der Waals surface area (Å²) in [5.74, 6) is 4.66. The molecule has 0 aliphatic carbocycles. The molecule has 0 bridgehead atoms. The first-order valence-electron chi connectivity index (χ1n) is 5.04. The zero-order valence-electron chi connectivity index (χ0n) is 8.65. The van der Waals surface area contributed by atoms with Gasteiger partial charge in [0.2, 0.25) is 0 Å². The predicted molar refractivity (Wildman–Crippen MR) is 53.6 cm³/mol. The third kappa shape index (κ3) is 3.61. The number of carbonyl (C=O) groups is 1. The maximum absolute atomic E-state index is 10.6. The molecule has 1 unspecified atom stereocenters. The lowest BCUT2D eigenvalue weighted by atomic mass is 10.1. The summed E-state index contributed by atoms with van der Waals surface area (Å²) in [6, 6.07) is 0. The number of rotatable bonds is 4. The van der Waals surface area contributed by atoms with Crippen LogP contribution < -0.4 is 5.84 Å². The van der Waals surface area contributed by atoms with Crippen LogP contribution in [0.4, 0.5) is 0 Å². The molecule has 1 aliphatic rings. The standard InChI is InChI=1S/C9H19N3O2/c1-8(9(13)14)2-3-11-4-6-12(10)7-5-11/h8H,2-7,10H2,1H3,(H,13,14). The van der Waals surface area contributed by atoms with Crippen molar-refractivity contribution in [2.45, 2.75) is 13.3 Å². The number of nitrogens with zero attached hydrogens (tertiary/aromatic N) is 2. The molecule has 82 valence electrons. The number of carboxylic acids is 1. The number of nitrogens with two attached hydrogens (primary N) is 1. The van der Waals surface area contributed by atoms with E-state index < -0.39 is 5.97 Å². The van der Waals surface area contributed by atoms with Gasteiger partial charge in [-0.3, -0.25) is 10.6 Å². The summed E-state index contributed by atoms with van der Waals surface area (Å²) in [5.41, 5.74) is 0. The third-order valence-electron chi connectivity index (χ3n) is 2.71. The van der Waals surface area contributed by atoms with Crippen LogP contribution in [0.25, 0.3) is 0 Å². The van der Waals surface area contributed by atoms with E-state index in [9.17, 15) is 4.79 Å². The van der Waals surface area contributed by atoms with Gasteiger partial charge in [0.05, 0.1) is 5.92 Å². The van der Waals surface area contributed by atoms with Gasteiger partial charge in [0.1, 0.15) is 0 Å². The second-order valence-electron chi connectivity index (χ2n) is 3.91. The Labute approximate surface area is 84.4 Å². The van der Waals surface area contributed by atoms with Crippen LogP contribution in [0.1, 0.15) is 13.3 Å². The largest absolute Gasteiger partial charge is 0.481 e. The molecule has 0 aromatic rings. The highest BCUT2D eigenvalue weighted by Crippen LogP contribution is 2.05. The van der Waals surface area contributed by atoms with E-state index >= 15 is 0 Å². The van der Waals surface area contributed by atoms with E-state index in [4.69, 9.17) is 10.9 Å². The monoisotopic (exact) mass is 201 g/mol. The highest BCUT2D eigenvalue weighted by Gasteiger charge is 2.16. The van der Waals surface area contributed by atoms with Crippen LogP contribution in [0.2, 0.25) is 0 Å². The molecular weight excluding hydrogens is 182 g/mol. The van der Waals surface area contributed by atoms with Crippen molar-refractivity contribution in [1.82, 2.24) is 9.91 Å². The number of hydrogen-bond donors (Lipinski definition) is 2. The molecule has 1 heterocycles. The van der Waals surface area contributed by atoms with Crippen LogP contribution in [-0.4, -0.2) is 53.7 Å². The Bertz CT molecular complexity index is 190. The van der Waals surface area contributed by atoms with E-state index in [-0.39, 0.29) is 5.92 Å². The average molecular weight is 201 g/mol. The van der Waals surface area contributed by atoms with Gasteiger partial charge >= 0.3 is 5.97 Å². The molecule has 0 radical (unpaired) electrons.